The SMILES string of the molecule is C1=COON=C1. The second kappa shape index (κ2) is 1.45. The molecule has 0 fully saturated rings. The third kappa shape index (κ3) is 0.484. The zero-order chi connectivity index (χ0) is 4.24. The molecule has 0 aromatic heterocycles. The summed E-state index contributed by atoms with van der Waals surface area (Å²) in [6.45, 7) is 0. The summed E-state index contributed by atoms with van der Waals surface area (Å²) in [7, 11) is 0. The highest BCUT2D eigenvalue weighted by Gasteiger charge is 1.77. The molecule has 3 heteroatoms. The lowest BCUT2D eigenvalue weighted by atomic mass is 10.7. The molecule has 32 valence electrons. The van der Waals surface area contributed by atoms with Crippen LogP contribution in [-0.4, -0.2) is 6.21 Å². The topological polar surface area (TPSA) is 30.8 Å². The van der Waals surface area contributed by atoms with E-state index in [0.29, 0.717) is 0 Å². The molecule has 1 rings (SSSR count). The van der Waals surface area contributed by atoms with Gasteiger partial charge in [-0.15, -0.1) is 0 Å². The molecule has 1 aliphatic heterocycles. The van der Waals surface area contributed by atoms with E-state index in [1.807, 2.05) is 0 Å². The second-order valence-electron chi connectivity index (χ2n) is 0.754. The molecule has 0 aromatic rings. The predicted octanol–water partition coefficient (Wildman–Crippen LogP) is 0.448. The maximum Gasteiger partial charge on any atom is 0.147 e. The molecule has 0 aliphatic carbocycles. The fraction of sp³-hybridized carbons (Fsp3) is 0. The first-order valence-electron chi connectivity index (χ1n) is 1.51. The van der Waals surface area contributed by atoms with Crippen LogP contribution in [0.1, 0.15) is 0 Å². The van der Waals surface area contributed by atoms with Crippen LogP contribution in [0.4, 0.5) is 0 Å². The van der Waals surface area contributed by atoms with E-state index >= 15 is 0 Å². The molecule has 0 saturated carbocycles. The molecule has 0 aromatic carbocycles. The Morgan fingerprint density at radius 2 is 2.50 bits per heavy atom. The molecule has 0 amide bonds. The molecule has 0 radical (unpaired) electrons. The van der Waals surface area contributed by atoms with Gasteiger partial charge in [-0.05, 0) is 11.2 Å². The second-order valence-corrected chi connectivity index (χ2v) is 0.754. The molecule has 0 atom stereocenters. The maximum absolute atomic E-state index is 4.19. The largest absolute Gasteiger partial charge is 0.275 e. The summed E-state index contributed by atoms with van der Waals surface area (Å²) >= 11 is 0. The van der Waals surface area contributed by atoms with Crippen LogP contribution < -0.4 is 0 Å². The number of rotatable bonds is 0. The Labute approximate surface area is 34.8 Å². The fourth-order valence-electron chi connectivity index (χ4n) is 0.177. The summed E-state index contributed by atoms with van der Waals surface area (Å²) in [5.74, 6) is 0. The molecule has 6 heavy (non-hydrogen) atoms. The van der Waals surface area contributed by atoms with Crippen molar-refractivity contribution in [3.63, 3.8) is 0 Å². The molecule has 1 heterocycles. The fourth-order valence-corrected chi connectivity index (χ4v) is 0.177. The first-order valence-corrected chi connectivity index (χ1v) is 1.51. The lowest BCUT2D eigenvalue weighted by Gasteiger charge is -1.92. The average molecular weight is 85.1 g/mol. The summed E-state index contributed by atoms with van der Waals surface area (Å²) in [5.41, 5.74) is 0. The quantitative estimate of drug-likeness (QED) is 0.400. The predicted molar refractivity (Wildman–Crippen MR) is 19.8 cm³/mol. The Morgan fingerprint density at radius 1 is 1.50 bits per heavy atom. The van der Waals surface area contributed by atoms with Gasteiger partial charge in [0.05, 0.1) is 6.21 Å². The van der Waals surface area contributed by atoms with Crippen molar-refractivity contribution in [1.29, 1.82) is 0 Å². The molecule has 0 unspecified atom stereocenters. The zero-order valence-electron chi connectivity index (χ0n) is 3.00. The van der Waals surface area contributed by atoms with E-state index in [9.17, 15) is 0 Å². The molecule has 3 nitrogen and oxygen atoms in total. The normalized spacial score (nSPS) is 16.0. The van der Waals surface area contributed by atoms with Crippen LogP contribution in [-0.2, 0) is 9.88 Å². The van der Waals surface area contributed by atoms with Crippen LogP contribution in [0.15, 0.2) is 17.5 Å². The van der Waals surface area contributed by atoms with E-state index in [2.05, 4.69) is 15.0 Å². The van der Waals surface area contributed by atoms with E-state index in [4.69, 9.17) is 0 Å². The van der Waals surface area contributed by atoms with Crippen molar-refractivity contribution in [2.75, 3.05) is 0 Å². The van der Waals surface area contributed by atoms with Gasteiger partial charge in [0.2, 0.25) is 0 Å². The summed E-state index contributed by atoms with van der Waals surface area (Å²) in [5, 5.41) is 3.24. The van der Waals surface area contributed by atoms with E-state index < -0.39 is 0 Å². The zero-order valence-corrected chi connectivity index (χ0v) is 3.00. The van der Waals surface area contributed by atoms with Crippen LogP contribution in [0.2, 0.25) is 0 Å². The Kier molecular flexibility index (Phi) is 0.774. The van der Waals surface area contributed by atoms with Gasteiger partial charge in [0.15, 0.2) is 0 Å². The first kappa shape index (κ1) is 3.21. The highest BCUT2D eigenvalue weighted by molar-refractivity contribution is 5.70. The Balaban J connectivity index is 2.46. The highest BCUT2D eigenvalue weighted by atomic mass is 17.3. The van der Waals surface area contributed by atoms with E-state index in [0.717, 1.165) is 0 Å². The average Bonchev–Trinajstić information content (AvgIpc) is 1.72. The molecule has 1 aliphatic rings. The van der Waals surface area contributed by atoms with Gasteiger partial charge in [-0.3, -0.25) is 4.89 Å². The third-order valence-electron chi connectivity index (χ3n) is 0.367. The van der Waals surface area contributed by atoms with Gasteiger partial charge in [0.25, 0.3) is 0 Å². The van der Waals surface area contributed by atoms with Gasteiger partial charge in [-0.1, -0.05) is 0 Å². The standard InChI is InChI=1S/C3H3NO2/c1-2-4-6-5-3-1/h1-3H. The van der Waals surface area contributed by atoms with Gasteiger partial charge in [-0.25, -0.2) is 0 Å². The summed E-state index contributed by atoms with van der Waals surface area (Å²) in [6, 6.07) is 0. The van der Waals surface area contributed by atoms with Crippen molar-refractivity contribution in [2.24, 2.45) is 5.16 Å². The van der Waals surface area contributed by atoms with Gasteiger partial charge < -0.3 is 0 Å². The summed E-state index contributed by atoms with van der Waals surface area (Å²) < 4.78 is 0. The van der Waals surface area contributed by atoms with Gasteiger partial charge in [-0.2, -0.15) is 4.99 Å². The monoisotopic (exact) mass is 85.0 g/mol. The molecule has 0 spiro atoms. The van der Waals surface area contributed by atoms with Crippen molar-refractivity contribution in [3.8, 4) is 0 Å². The molecule has 0 N–H and O–H groups in total. The first-order chi connectivity index (χ1) is 3.00. The number of hydrogen-bond donors (Lipinski definition) is 0. The van der Waals surface area contributed by atoms with E-state index in [1.54, 1.807) is 6.08 Å². The summed E-state index contributed by atoms with van der Waals surface area (Å²) in [6.07, 6.45) is 4.51. The molecule has 0 bridgehead atoms. The van der Waals surface area contributed by atoms with Gasteiger partial charge >= 0.3 is 0 Å². The van der Waals surface area contributed by atoms with Crippen molar-refractivity contribution < 1.29 is 9.88 Å². The van der Waals surface area contributed by atoms with Crippen LogP contribution in [0.25, 0.3) is 0 Å². The van der Waals surface area contributed by atoms with E-state index in [-0.39, 0.29) is 0 Å². The van der Waals surface area contributed by atoms with Crippen molar-refractivity contribution in [2.45, 2.75) is 0 Å². The molecule has 0 saturated heterocycles. The van der Waals surface area contributed by atoms with Crippen LogP contribution in [0.3, 0.4) is 0 Å². The van der Waals surface area contributed by atoms with E-state index in [1.165, 1.54) is 12.5 Å². The lowest BCUT2D eigenvalue weighted by Crippen LogP contribution is -1.82. The smallest absolute Gasteiger partial charge is 0.147 e. The minimum atomic E-state index is 1.40. The Bertz CT molecular complexity index is 74.8. The number of oxime groups is 1. The van der Waals surface area contributed by atoms with Gasteiger partial charge in [0, 0.05) is 0 Å². The Morgan fingerprint density at radius 3 is 2.67 bits per heavy atom. The molecular weight excluding hydrogens is 82.0 g/mol. The minimum absolute atomic E-state index is 1.40. The van der Waals surface area contributed by atoms with Crippen molar-refractivity contribution in [1.82, 2.24) is 0 Å². The third-order valence-corrected chi connectivity index (χ3v) is 0.367. The van der Waals surface area contributed by atoms with Crippen LogP contribution >= 0.6 is 0 Å². The Hall–Kier alpha value is -0.990. The number of allylic oxidation sites excluding steroid dienone is 1. The summed E-state index contributed by atoms with van der Waals surface area (Å²) in [4.78, 5) is 8.24. The highest BCUT2D eigenvalue weighted by Crippen LogP contribution is 1.84. The molecular formula is C3H3NO2. The van der Waals surface area contributed by atoms with Crippen molar-refractivity contribution >= 4 is 6.21 Å². The maximum atomic E-state index is 4.19. The van der Waals surface area contributed by atoms with Crippen LogP contribution in [0.5, 0.6) is 0 Å². The van der Waals surface area contributed by atoms with Crippen molar-refractivity contribution in [3.05, 3.63) is 12.3 Å². The number of hydrogen-bond acceptors (Lipinski definition) is 3. The number of nitrogens with zero attached hydrogens (tertiary/aromatic N) is 1. The van der Waals surface area contributed by atoms with Crippen LogP contribution in [0, 0.1) is 0 Å². The van der Waals surface area contributed by atoms with Gasteiger partial charge in [0.1, 0.15) is 6.26 Å². The minimum Gasteiger partial charge on any atom is -0.275 e. The lowest BCUT2D eigenvalue weighted by molar-refractivity contribution is -0.251.